The molecule has 2 N–H and O–H groups in total. The topological polar surface area (TPSA) is 70.7 Å². The molecule has 0 unspecified atom stereocenters. The van der Waals surface area contributed by atoms with Gasteiger partial charge in [-0.2, -0.15) is 0 Å². The summed E-state index contributed by atoms with van der Waals surface area (Å²) in [6, 6.07) is 17.9. The lowest BCUT2D eigenvalue weighted by atomic mass is 10.0. The molecule has 1 aromatic heterocycles. The standard InChI is InChI=1S/C21H22N4OS/c1-15(2)17-9-6-10-18(13-17)22-20(26)14-27-21-23-19(24-25-21)12-11-16-7-4-3-5-8-16/h3-13,15H,14H2,1-2H3,(H,22,26)(H,23,24,25)/b12-11+. The number of carbonyl (C=O) groups excluding carboxylic acids is 1. The van der Waals surface area contributed by atoms with Crippen molar-refractivity contribution < 1.29 is 4.79 Å². The van der Waals surface area contributed by atoms with Crippen LogP contribution < -0.4 is 5.32 Å². The summed E-state index contributed by atoms with van der Waals surface area (Å²) in [6.45, 7) is 4.26. The largest absolute Gasteiger partial charge is 0.325 e. The van der Waals surface area contributed by atoms with Crippen molar-refractivity contribution in [1.82, 2.24) is 15.2 Å². The maximum atomic E-state index is 12.2. The van der Waals surface area contributed by atoms with Crippen molar-refractivity contribution in [3.05, 3.63) is 71.5 Å². The molecule has 3 rings (SSSR count). The molecule has 0 saturated carbocycles. The number of nitrogens with zero attached hydrogens (tertiary/aromatic N) is 2. The van der Waals surface area contributed by atoms with Crippen LogP contribution in [0.1, 0.15) is 36.7 Å². The quantitative estimate of drug-likeness (QED) is 0.578. The summed E-state index contributed by atoms with van der Waals surface area (Å²) in [4.78, 5) is 16.5. The Morgan fingerprint density at radius 3 is 2.74 bits per heavy atom. The number of amides is 1. The third kappa shape index (κ3) is 5.82. The molecule has 138 valence electrons. The van der Waals surface area contributed by atoms with E-state index in [0.717, 1.165) is 11.3 Å². The zero-order chi connectivity index (χ0) is 19.1. The zero-order valence-electron chi connectivity index (χ0n) is 15.3. The summed E-state index contributed by atoms with van der Waals surface area (Å²) in [5.74, 6) is 1.26. The number of H-pyrrole nitrogens is 1. The van der Waals surface area contributed by atoms with E-state index in [1.165, 1.54) is 17.3 Å². The Hall–Kier alpha value is -2.86. The van der Waals surface area contributed by atoms with Gasteiger partial charge in [-0.05, 0) is 35.3 Å². The van der Waals surface area contributed by atoms with Crippen molar-refractivity contribution in [2.24, 2.45) is 0 Å². The lowest BCUT2D eigenvalue weighted by Gasteiger charge is -2.09. The van der Waals surface area contributed by atoms with Gasteiger partial charge in [0.25, 0.3) is 0 Å². The van der Waals surface area contributed by atoms with E-state index in [-0.39, 0.29) is 11.7 Å². The van der Waals surface area contributed by atoms with E-state index in [2.05, 4.69) is 40.4 Å². The lowest BCUT2D eigenvalue weighted by Crippen LogP contribution is -2.14. The number of aromatic nitrogens is 3. The second-order valence-corrected chi connectivity index (χ2v) is 7.31. The molecule has 0 saturated heterocycles. The minimum atomic E-state index is -0.0768. The average molecular weight is 379 g/mol. The third-order valence-corrected chi connectivity index (χ3v) is 4.73. The zero-order valence-corrected chi connectivity index (χ0v) is 16.2. The minimum absolute atomic E-state index is 0.0768. The first-order valence-electron chi connectivity index (χ1n) is 8.78. The molecule has 0 bridgehead atoms. The van der Waals surface area contributed by atoms with Crippen molar-refractivity contribution >= 4 is 35.5 Å². The van der Waals surface area contributed by atoms with Crippen LogP contribution in [0.4, 0.5) is 5.69 Å². The fraction of sp³-hybridized carbons (Fsp3) is 0.190. The molecule has 2 aromatic carbocycles. The molecular formula is C21H22N4OS. The van der Waals surface area contributed by atoms with Crippen LogP contribution >= 0.6 is 11.8 Å². The van der Waals surface area contributed by atoms with Crippen molar-refractivity contribution in [2.75, 3.05) is 11.1 Å². The maximum Gasteiger partial charge on any atom is 0.234 e. The van der Waals surface area contributed by atoms with Gasteiger partial charge in [0.2, 0.25) is 11.1 Å². The van der Waals surface area contributed by atoms with Crippen LogP contribution in [0.3, 0.4) is 0 Å². The van der Waals surface area contributed by atoms with Crippen molar-refractivity contribution in [3.8, 4) is 0 Å². The Balaban J connectivity index is 1.51. The monoisotopic (exact) mass is 378 g/mol. The Bertz CT molecular complexity index is 919. The van der Waals surface area contributed by atoms with Crippen LogP contribution in [-0.2, 0) is 4.79 Å². The minimum Gasteiger partial charge on any atom is -0.325 e. The molecule has 1 heterocycles. The van der Waals surface area contributed by atoms with E-state index in [1.807, 2.05) is 60.7 Å². The summed E-state index contributed by atoms with van der Waals surface area (Å²) < 4.78 is 0. The first-order valence-corrected chi connectivity index (χ1v) is 9.77. The highest BCUT2D eigenvalue weighted by Crippen LogP contribution is 2.19. The van der Waals surface area contributed by atoms with Gasteiger partial charge in [0.05, 0.1) is 5.75 Å². The smallest absolute Gasteiger partial charge is 0.234 e. The Morgan fingerprint density at radius 2 is 1.96 bits per heavy atom. The number of anilines is 1. The number of thioether (sulfide) groups is 1. The van der Waals surface area contributed by atoms with Gasteiger partial charge in [-0.1, -0.05) is 74.1 Å². The van der Waals surface area contributed by atoms with Crippen molar-refractivity contribution in [1.29, 1.82) is 0 Å². The highest BCUT2D eigenvalue weighted by atomic mass is 32.2. The second kappa shape index (κ2) is 9.19. The number of hydrogen-bond acceptors (Lipinski definition) is 4. The second-order valence-electron chi connectivity index (χ2n) is 6.36. The van der Waals surface area contributed by atoms with E-state index < -0.39 is 0 Å². The number of aromatic amines is 1. The van der Waals surface area contributed by atoms with Crippen LogP contribution in [0.2, 0.25) is 0 Å². The predicted octanol–water partition coefficient (Wildman–Crippen LogP) is 4.83. The van der Waals surface area contributed by atoms with Crippen LogP contribution in [0, 0.1) is 0 Å². The van der Waals surface area contributed by atoms with E-state index >= 15 is 0 Å². The summed E-state index contributed by atoms with van der Waals surface area (Å²) in [5, 5.41) is 10.5. The highest BCUT2D eigenvalue weighted by molar-refractivity contribution is 7.99. The molecular weight excluding hydrogens is 356 g/mol. The third-order valence-electron chi connectivity index (χ3n) is 3.88. The van der Waals surface area contributed by atoms with E-state index in [4.69, 9.17) is 0 Å². The van der Waals surface area contributed by atoms with Crippen molar-refractivity contribution in [2.45, 2.75) is 24.9 Å². The Labute approximate surface area is 163 Å². The predicted molar refractivity (Wildman–Crippen MR) is 112 cm³/mol. The molecule has 1 amide bonds. The van der Waals surface area contributed by atoms with Crippen LogP contribution in [0.25, 0.3) is 12.2 Å². The average Bonchev–Trinajstić information content (AvgIpc) is 3.14. The molecule has 5 nitrogen and oxygen atoms in total. The molecule has 0 fully saturated rings. The van der Waals surface area contributed by atoms with Crippen LogP contribution in [-0.4, -0.2) is 26.8 Å². The highest BCUT2D eigenvalue weighted by Gasteiger charge is 2.08. The van der Waals surface area contributed by atoms with Crippen molar-refractivity contribution in [3.63, 3.8) is 0 Å². The van der Waals surface area contributed by atoms with E-state index in [1.54, 1.807) is 0 Å². The molecule has 0 aliphatic heterocycles. The molecule has 0 spiro atoms. The van der Waals surface area contributed by atoms with Gasteiger partial charge < -0.3 is 5.32 Å². The number of benzene rings is 2. The Morgan fingerprint density at radius 1 is 1.15 bits per heavy atom. The number of rotatable bonds is 7. The van der Waals surface area contributed by atoms with Gasteiger partial charge >= 0.3 is 0 Å². The summed E-state index contributed by atoms with van der Waals surface area (Å²) in [6.07, 6.45) is 3.83. The molecule has 0 atom stereocenters. The van der Waals surface area contributed by atoms with Gasteiger partial charge in [0, 0.05) is 5.69 Å². The fourth-order valence-electron chi connectivity index (χ4n) is 2.44. The van der Waals surface area contributed by atoms with Crippen LogP contribution in [0.5, 0.6) is 0 Å². The van der Waals surface area contributed by atoms with Gasteiger partial charge in [-0.25, -0.2) is 4.98 Å². The molecule has 6 heteroatoms. The van der Waals surface area contributed by atoms with Gasteiger partial charge in [0.1, 0.15) is 5.82 Å². The van der Waals surface area contributed by atoms with Crippen LogP contribution in [0.15, 0.2) is 59.8 Å². The lowest BCUT2D eigenvalue weighted by molar-refractivity contribution is -0.113. The summed E-state index contributed by atoms with van der Waals surface area (Å²) in [5.41, 5.74) is 3.10. The molecule has 0 aliphatic rings. The van der Waals surface area contributed by atoms with E-state index in [9.17, 15) is 4.79 Å². The number of hydrogen-bond donors (Lipinski definition) is 2. The first-order chi connectivity index (χ1) is 13.1. The maximum absolute atomic E-state index is 12.2. The van der Waals surface area contributed by atoms with E-state index in [0.29, 0.717) is 16.9 Å². The first kappa shape index (κ1) is 18.9. The molecule has 3 aromatic rings. The number of carbonyl (C=O) groups is 1. The molecule has 0 aliphatic carbocycles. The van der Waals surface area contributed by atoms with Gasteiger partial charge in [-0.3, -0.25) is 9.89 Å². The van der Waals surface area contributed by atoms with Gasteiger partial charge in [-0.15, -0.1) is 5.10 Å². The number of nitrogens with one attached hydrogen (secondary N) is 2. The SMILES string of the molecule is CC(C)c1cccc(NC(=O)CSc2n[nH]c(/C=C/c3ccccc3)n2)c1. The summed E-state index contributed by atoms with van der Waals surface area (Å²) >= 11 is 1.30. The van der Waals surface area contributed by atoms with Gasteiger partial charge in [0.15, 0.2) is 0 Å². The summed E-state index contributed by atoms with van der Waals surface area (Å²) in [7, 11) is 0. The molecule has 0 radical (unpaired) electrons. The normalized spacial score (nSPS) is 11.2. The fourth-order valence-corrected chi connectivity index (χ4v) is 3.04. The Kier molecular flexibility index (Phi) is 6.44. The molecule has 27 heavy (non-hydrogen) atoms.